The minimum absolute atomic E-state index is 0.0142. The Labute approximate surface area is 187 Å². The van der Waals surface area contributed by atoms with Crippen LogP contribution in [0.15, 0.2) is 66.7 Å². The van der Waals surface area contributed by atoms with Gasteiger partial charge in [0.05, 0.1) is 15.6 Å². The number of hydrogen-bond acceptors (Lipinski definition) is 6. The number of nitrogens with one attached hydrogen (secondary N) is 1. The van der Waals surface area contributed by atoms with Crippen molar-refractivity contribution in [3.63, 3.8) is 0 Å². The standard InChI is InChI=1S/C23H18ClNO5S/c24-21-12-11-20(31-21)18(26)10-13-22(28)30-14-19(27)15-6-8-17(9-7-15)25-23(29)16-4-2-1-3-5-16/h1-9,11-12H,10,13-14H2,(H,25,29). The molecule has 0 bridgehead atoms. The van der Waals surface area contributed by atoms with Crippen LogP contribution in [-0.4, -0.2) is 30.0 Å². The van der Waals surface area contributed by atoms with Gasteiger partial charge in [-0.2, -0.15) is 0 Å². The van der Waals surface area contributed by atoms with Crippen molar-refractivity contribution < 1.29 is 23.9 Å². The van der Waals surface area contributed by atoms with Gasteiger partial charge >= 0.3 is 5.97 Å². The lowest BCUT2D eigenvalue weighted by Crippen LogP contribution is -2.15. The molecule has 3 aromatic rings. The normalized spacial score (nSPS) is 10.4. The summed E-state index contributed by atoms with van der Waals surface area (Å²) >= 11 is 6.94. The fourth-order valence-electron chi connectivity index (χ4n) is 2.64. The molecule has 1 aromatic heterocycles. The van der Waals surface area contributed by atoms with Gasteiger partial charge in [-0.3, -0.25) is 19.2 Å². The molecule has 0 fully saturated rings. The molecule has 2 aromatic carbocycles. The van der Waals surface area contributed by atoms with Crippen LogP contribution in [0.2, 0.25) is 4.34 Å². The molecular formula is C23H18ClNO5S. The Morgan fingerprint density at radius 1 is 0.806 bits per heavy atom. The number of ketones is 2. The maximum Gasteiger partial charge on any atom is 0.306 e. The first kappa shape index (κ1) is 22.4. The van der Waals surface area contributed by atoms with Crippen molar-refractivity contribution in [2.24, 2.45) is 0 Å². The Morgan fingerprint density at radius 3 is 2.16 bits per heavy atom. The van der Waals surface area contributed by atoms with Crippen molar-refractivity contribution in [3.8, 4) is 0 Å². The number of rotatable bonds is 9. The van der Waals surface area contributed by atoms with Gasteiger partial charge in [0.25, 0.3) is 5.91 Å². The van der Waals surface area contributed by atoms with Crippen LogP contribution < -0.4 is 5.32 Å². The Bertz CT molecular complexity index is 1090. The van der Waals surface area contributed by atoms with Gasteiger partial charge in [0.2, 0.25) is 0 Å². The summed E-state index contributed by atoms with van der Waals surface area (Å²) in [6.07, 6.45) is -0.133. The Balaban J connectivity index is 1.44. The summed E-state index contributed by atoms with van der Waals surface area (Å²) in [5.41, 5.74) is 1.40. The molecule has 3 rings (SSSR count). The number of benzene rings is 2. The van der Waals surface area contributed by atoms with Crippen LogP contribution in [0.4, 0.5) is 5.69 Å². The Hall–Kier alpha value is -3.29. The SMILES string of the molecule is O=C(CCC(=O)c1ccc(Cl)s1)OCC(=O)c1ccc(NC(=O)c2ccccc2)cc1. The molecule has 0 spiro atoms. The predicted octanol–water partition coefficient (Wildman–Crippen LogP) is 5.04. The quantitative estimate of drug-likeness (QED) is 0.360. The van der Waals surface area contributed by atoms with Gasteiger partial charge < -0.3 is 10.1 Å². The second-order valence-electron chi connectivity index (χ2n) is 6.51. The number of hydrogen-bond donors (Lipinski definition) is 1. The largest absolute Gasteiger partial charge is 0.457 e. The van der Waals surface area contributed by atoms with Crippen LogP contribution in [-0.2, 0) is 9.53 Å². The van der Waals surface area contributed by atoms with Crippen LogP contribution in [0.3, 0.4) is 0 Å². The van der Waals surface area contributed by atoms with E-state index in [0.29, 0.717) is 26.0 Å². The molecule has 0 saturated carbocycles. The van der Waals surface area contributed by atoms with E-state index in [0.717, 1.165) is 11.3 Å². The lowest BCUT2D eigenvalue weighted by Gasteiger charge is -2.07. The number of esters is 1. The highest BCUT2D eigenvalue weighted by Gasteiger charge is 2.14. The molecule has 0 saturated heterocycles. The summed E-state index contributed by atoms with van der Waals surface area (Å²) in [4.78, 5) is 48.6. The zero-order valence-electron chi connectivity index (χ0n) is 16.3. The average Bonchev–Trinajstić information content (AvgIpc) is 3.23. The van der Waals surface area contributed by atoms with Crippen LogP contribution in [0.5, 0.6) is 0 Å². The molecular weight excluding hydrogens is 438 g/mol. The maximum absolute atomic E-state index is 12.2. The highest BCUT2D eigenvalue weighted by Crippen LogP contribution is 2.23. The first-order chi connectivity index (χ1) is 14.9. The summed E-state index contributed by atoms with van der Waals surface area (Å²) < 4.78 is 5.47. The molecule has 8 heteroatoms. The van der Waals surface area contributed by atoms with Gasteiger partial charge in [0.15, 0.2) is 18.2 Å². The number of thiophene rings is 1. The van der Waals surface area contributed by atoms with E-state index in [-0.39, 0.29) is 30.3 Å². The van der Waals surface area contributed by atoms with Gasteiger partial charge in [-0.1, -0.05) is 29.8 Å². The predicted molar refractivity (Wildman–Crippen MR) is 119 cm³/mol. The van der Waals surface area contributed by atoms with Gasteiger partial charge in [-0.15, -0.1) is 11.3 Å². The summed E-state index contributed by atoms with van der Waals surface area (Å²) in [5, 5.41) is 2.74. The fourth-order valence-corrected chi connectivity index (χ4v) is 3.65. The number of carbonyl (C=O) groups excluding carboxylic acids is 4. The van der Waals surface area contributed by atoms with Crippen LogP contribution in [0.25, 0.3) is 0 Å². The summed E-state index contributed by atoms with van der Waals surface area (Å²) in [7, 11) is 0. The number of ether oxygens (including phenoxy) is 1. The lowest BCUT2D eigenvalue weighted by molar-refractivity contribution is -0.142. The van der Waals surface area contributed by atoms with Crippen molar-refractivity contribution >= 4 is 52.1 Å². The molecule has 0 atom stereocenters. The van der Waals surface area contributed by atoms with Crippen LogP contribution in [0.1, 0.15) is 43.2 Å². The minimum atomic E-state index is -0.629. The second kappa shape index (κ2) is 10.7. The van der Waals surface area contributed by atoms with Gasteiger partial charge in [-0.05, 0) is 48.5 Å². The van der Waals surface area contributed by atoms with E-state index in [9.17, 15) is 19.2 Å². The van der Waals surface area contributed by atoms with E-state index in [1.165, 1.54) is 0 Å². The number of amides is 1. The van der Waals surface area contributed by atoms with Crippen molar-refractivity contribution in [2.75, 3.05) is 11.9 Å². The number of anilines is 1. The number of halogens is 1. The summed E-state index contributed by atoms with van der Waals surface area (Å²) in [6, 6.07) is 18.3. The molecule has 0 aliphatic heterocycles. The zero-order valence-corrected chi connectivity index (χ0v) is 17.9. The molecule has 1 amide bonds. The molecule has 6 nitrogen and oxygen atoms in total. The lowest BCUT2D eigenvalue weighted by atomic mass is 10.1. The van der Waals surface area contributed by atoms with Gasteiger partial charge in [0, 0.05) is 23.2 Å². The molecule has 0 aliphatic carbocycles. The molecule has 0 unspecified atom stereocenters. The van der Waals surface area contributed by atoms with E-state index in [2.05, 4.69) is 5.32 Å². The topological polar surface area (TPSA) is 89.5 Å². The van der Waals surface area contributed by atoms with E-state index in [4.69, 9.17) is 16.3 Å². The average molecular weight is 456 g/mol. The molecule has 158 valence electrons. The Kier molecular flexibility index (Phi) is 7.70. The number of Topliss-reactive ketones (excluding diaryl/α,β-unsaturated/α-hetero) is 2. The Morgan fingerprint density at radius 2 is 1.52 bits per heavy atom. The summed E-state index contributed by atoms with van der Waals surface area (Å²) in [6.45, 7) is -0.423. The summed E-state index contributed by atoms with van der Waals surface area (Å²) in [5.74, 6) is -1.47. The first-order valence-electron chi connectivity index (χ1n) is 9.36. The molecule has 0 aliphatic rings. The van der Waals surface area contributed by atoms with E-state index in [1.54, 1.807) is 60.7 Å². The van der Waals surface area contributed by atoms with Crippen molar-refractivity contribution in [1.82, 2.24) is 0 Å². The van der Waals surface area contributed by atoms with E-state index >= 15 is 0 Å². The van der Waals surface area contributed by atoms with Crippen LogP contribution >= 0.6 is 22.9 Å². The third kappa shape index (κ3) is 6.60. The van der Waals surface area contributed by atoms with Crippen LogP contribution in [0, 0.1) is 0 Å². The smallest absolute Gasteiger partial charge is 0.306 e. The molecule has 1 heterocycles. The first-order valence-corrected chi connectivity index (χ1v) is 10.6. The highest BCUT2D eigenvalue weighted by molar-refractivity contribution is 7.18. The molecule has 0 radical (unpaired) electrons. The third-order valence-corrected chi connectivity index (χ3v) is 5.54. The number of carbonyl (C=O) groups is 4. The molecule has 31 heavy (non-hydrogen) atoms. The zero-order chi connectivity index (χ0) is 22.2. The van der Waals surface area contributed by atoms with E-state index < -0.39 is 12.6 Å². The van der Waals surface area contributed by atoms with Crippen molar-refractivity contribution in [2.45, 2.75) is 12.8 Å². The molecule has 1 N–H and O–H groups in total. The monoisotopic (exact) mass is 455 g/mol. The fraction of sp³-hybridized carbons (Fsp3) is 0.130. The second-order valence-corrected chi connectivity index (χ2v) is 8.22. The highest BCUT2D eigenvalue weighted by atomic mass is 35.5. The van der Waals surface area contributed by atoms with Gasteiger partial charge in [0.1, 0.15) is 0 Å². The van der Waals surface area contributed by atoms with Crippen molar-refractivity contribution in [1.29, 1.82) is 0 Å². The van der Waals surface area contributed by atoms with E-state index in [1.807, 2.05) is 6.07 Å². The van der Waals surface area contributed by atoms with Gasteiger partial charge in [-0.25, -0.2) is 0 Å². The van der Waals surface area contributed by atoms with Crippen molar-refractivity contribution in [3.05, 3.63) is 87.1 Å². The minimum Gasteiger partial charge on any atom is -0.457 e. The maximum atomic E-state index is 12.2. The third-order valence-electron chi connectivity index (χ3n) is 4.27.